The van der Waals surface area contributed by atoms with Gasteiger partial charge >= 0.3 is 5.97 Å². The fourth-order valence-electron chi connectivity index (χ4n) is 3.23. The minimum absolute atomic E-state index is 0.0306. The molecule has 1 heterocycles. The molecule has 0 radical (unpaired) electrons. The van der Waals surface area contributed by atoms with Gasteiger partial charge in [0.2, 0.25) is 5.90 Å². The highest BCUT2D eigenvalue weighted by molar-refractivity contribution is 7.90. The summed E-state index contributed by atoms with van der Waals surface area (Å²) in [5, 5.41) is 3.07. The molecule has 0 bridgehead atoms. The molecule has 0 saturated carbocycles. The number of fused-ring (bicyclic) bond motifs is 1. The average Bonchev–Trinajstić information content (AvgIpc) is 2.90. The summed E-state index contributed by atoms with van der Waals surface area (Å²) in [7, 11) is -3.21. The Labute approximate surface area is 135 Å². The van der Waals surface area contributed by atoms with E-state index in [2.05, 4.69) is 9.99 Å². The lowest BCUT2D eigenvalue weighted by Gasteiger charge is -2.33. The molecule has 6 nitrogen and oxygen atoms in total. The average molecular weight is 337 g/mol. The fraction of sp³-hybridized carbons (Fsp3) is 0.500. The first kappa shape index (κ1) is 16.0. The van der Waals surface area contributed by atoms with Crippen molar-refractivity contribution < 1.29 is 22.8 Å². The van der Waals surface area contributed by atoms with Crippen molar-refractivity contribution in [2.75, 3.05) is 6.26 Å². The van der Waals surface area contributed by atoms with E-state index in [4.69, 9.17) is 4.74 Å². The third kappa shape index (κ3) is 3.39. The van der Waals surface area contributed by atoms with Gasteiger partial charge in [-0.3, -0.25) is 0 Å². The summed E-state index contributed by atoms with van der Waals surface area (Å²) in [6.45, 7) is 1.88. The third-order valence-electron chi connectivity index (χ3n) is 4.45. The number of nitrogens with zero attached hydrogens (tertiary/aromatic N) is 1. The van der Waals surface area contributed by atoms with Gasteiger partial charge in [-0.15, -0.1) is 0 Å². The molecule has 1 unspecified atom stereocenters. The van der Waals surface area contributed by atoms with E-state index in [0.717, 1.165) is 17.5 Å². The number of carbonyl (C=O) groups is 1. The Morgan fingerprint density at radius 3 is 2.74 bits per heavy atom. The molecule has 0 amide bonds. The molecule has 0 saturated heterocycles. The van der Waals surface area contributed by atoms with Crippen LogP contribution in [0.5, 0.6) is 0 Å². The predicted octanol–water partition coefficient (Wildman–Crippen LogP) is 2.00. The van der Waals surface area contributed by atoms with Crippen LogP contribution in [0.4, 0.5) is 0 Å². The zero-order valence-corrected chi connectivity index (χ0v) is 13.9. The lowest BCUT2D eigenvalue weighted by molar-refractivity contribution is -0.140. The van der Waals surface area contributed by atoms with Gasteiger partial charge in [-0.25, -0.2) is 13.2 Å². The van der Waals surface area contributed by atoms with E-state index in [-0.39, 0.29) is 24.3 Å². The molecule has 0 fully saturated rings. The minimum Gasteiger partial charge on any atom is -0.475 e. The Balaban J connectivity index is 1.81. The number of hydrogen-bond donors (Lipinski definition) is 0. The summed E-state index contributed by atoms with van der Waals surface area (Å²) < 4.78 is 30.1. The second kappa shape index (κ2) is 5.96. The molecule has 0 aromatic heterocycles. The Bertz CT molecular complexity index is 755. The smallest absolute Gasteiger partial charge is 0.344 e. The monoisotopic (exact) mass is 337 g/mol. The SMILES string of the molecule is C[C@H](OC1=NOC(=O)C1)[C@@H]1Cc2ccccc2C(S(C)(=O)=O)C1. The quantitative estimate of drug-likeness (QED) is 0.788. The van der Waals surface area contributed by atoms with Gasteiger partial charge in [0.15, 0.2) is 9.84 Å². The second-order valence-corrected chi connectivity index (χ2v) is 8.39. The molecule has 1 aliphatic carbocycles. The molecule has 3 rings (SSSR count). The second-order valence-electron chi connectivity index (χ2n) is 6.16. The van der Waals surface area contributed by atoms with Crippen LogP contribution in [-0.2, 0) is 30.6 Å². The number of oxime groups is 1. The zero-order valence-electron chi connectivity index (χ0n) is 13.1. The minimum atomic E-state index is -3.21. The van der Waals surface area contributed by atoms with Crippen LogP contribution < -0.4 is 0 Å². The van der Waals surface area contributed by atoms with Crippen LogP contribution in [-0.4, -0.2) is 32.6 Å². The fourth-order valence-corrected chi connectivity index (χ4v) is 4.52. The lowest BCUT2D eigenvalue weighted by Crippen LogP contribution is -2.32. The molecule has 0 N–H and O–H groups in total. The number of ether oxygens (including phenoxy) is 1. The van der Waals surface area contributed by atoms with Crippen molar-refractivity contribution in [3.8, 4) is 0 Å². The van der Waals surface area contributed by atoms with E-state index >= 15 is 0 Å². The van der Waals surface area contributed by atoms with Gasteiger partial charge < -0.3 is 9.57 Å². The van der Waals surface area contributed by atoms with E-state index in [1.807, 2.05) is 31.2 Å². The number of benzene rings is 1. The molecule has 1 aliphatic heterocycles. The van der Waals surface area contributed by atoms with Gasteiger partial charge in [0, 0.05) is 12.2 Å². The first-order valence-corrected chi connectivity index (χ1v) is 9.50. The molecule has 3 atom stereocenters. The van der Waals surface area contributed by atoms with Gasteiger partial charge in [0.1, 0.15) is 12.5 Å². The van der Waals surface area contributed by atoms with E-state index in [9.17, 15) is 13.2 Å². The highest BCUT2D eigenvalue weighted by Crippen LogP contribution is 2.39. The van der Waals surface area contributed by atoms with E-state index in [1.54, 1.807) is 0 Å². The highest BCUT2D eigenvalue weighted by Gasteiger charge is 2.36. The van der Waals surface area contributed by atoms with Gasteiger partial charge in [0.05, 0.1) is 5.25 Å². The number of sulfone groups is 1. The predicted molar refractivity (Wildman–Crippen MR) is 84.5 cm³/mol. The summed E-state index contributed by atoms with van der Waals surface area (Å²) in [4.78, 5) is 15.6. The molecular weight excluding hydrogens is 318 g/mol. The maximum absolute atomic E-state index is 12.2. The number of rotatable bonds is 3. The van der Waals surface area contributed by atoms with Crippen molar-refractivity contribution in [3.05, 3.63) is 35.4 Å². The molecular formula is C16H19NO5S. The summed E-state index contributed by atoms with van der Waals surface area (Å²) in [5.74, 6) is -0.143. The van der Waals surface area contributed by atoms with Crippen LogP contribution >= 0.6 is 0 Å². The van der Waals surface area contributed by atoms with Gasteiger partial charge in [0.25, 0.3) is 0 Å². The Morgan fingerprint density at radius 1 is 1.35 bits per heavy atom. The molecule has 23 heavy (non-hydrogen) atoms. The van der Waals surface area contributed by atoms with E-state index in [0.29, 0.717) is 6.42 Å². The van der Waals surface area contributed by atoms with E-state index in [1.165, 1.54) is 6.26 Å². The maximum atomic E-state index is 12.2. The van der Waals surface area contributed by atoms with Crippen LogP contribution in [0.1, 0.15) is 36.1 Å². The Morgan fingerprint density at radius 2 is 2.09 bits per heavy atom. The van der Waals surface area contributed by atoms with Crippen LogP contribution in [0.15, 0.2) is 29.4 Å². The molecule has 124 valence electrons. The van der Waals surface area contributed by atoms with Gasteiger partial charge in [-0.05, 0) is 36.0 Å². The molecule has 7 heteroatoms. The largest absolute Gasteiger partial charge is 0.475 e. The number of hydrogen-bond acceptors (Lipinski definition) is 6. The molecule has 0 spiro atoms. The Kier molecular flexibility index (Phi) is 4.14. The standard InChI is InChI=1S/C16H19NO5S/c1-10(21-15-9-16(18)22-17-15)12-7-11-5-3-4-6-13(11)14(8-12)23(2,19)20/h3-6,10,12,14H,7-9H2,1-2H3/t10-,12+,14?/m0/s1. The summed E-state index contributed by atoms with van der Waals surface area (Å²) in [6, 6.07) is 7.63. The molecule has 2 aliphatic rings. The first-order chi connectivity index (χ1) is 10.8. The summed E-state index contributed by atoms with van der Waals surface area (Å²) in [6.07, 6.45) is 2.30. The zero-order chi connectivity index (χ0) is 16.6. The van der Waals surface area contributed by atoms with Gasteiger partial charge in [-0.2, -0.15) is 0 Å². The van der Waals surface area contributed by atoms with Crippen LogP contribution in [0.2, 0.25) is 0 Å². The molecule has 1 aromatic carbocycles. The van der Waals surface area contributed by atoms with Crippen molar-refractivity contribution in [3.63, 3.8) is 0 Å². The third-order valence-corrected chi connectivity index (χ3v) is 5.93. The van der Waals surface area contributed by atoms with Gasteiger partial charge in [-0.1, -0.05) is 24.3 Å². The van der Waals surface area contributed by atoms with Crippen molar-refractivity contribution in [2.45, 2.75) is 37.5 Å². The van der Waals surface area contributed by atoms with Crippen molar-refractivity contribution in [2.24, 2.45) is 11.1 Å². The first-order valence-electron chi connectivity index (χ1n) is 7.54. The molecule has 1 aromatic rings. The lowest BCUT2D eigenvalue weighted by atomic mass is 9.81. The van der Waals surface area contributed by atoms with Crippen LogP contribution in [0.3, 0.4) is 0 Å². The van der Waals surface area contributed by atoms with Crippen molar-refractivity contribution >= 4 is 21.7 Å². The Hall–Kier alpha value is -1.89. The normalized spacial score (nSPS) is 25.3. The van der Waals surface area contributed by atoms with Crippen LogP contribution in [0.25, 0.3) is 0 Å². The van der Waals surface area contributed by atoms with Crippen molar-refractivity contribution in [1.29, 1.82) is 0 Å². The van der Waals surface area contributed by atoms with Crippen LogP contribution in [0, 0.1) is 5.92 Å². The topological polar surface area (TPSA) is 82.0 Å². The number of carbonyl (C=O) groups excluding carboxylic acids is 1. The summed E-state index contributed by atoms with van der Waals surface area (Å²) in [5.41, 5.74) is 1.92. The van der Waals surface area contributed by atoms with E-state index < -0.39 is 21.1 Å². The highest BCUT2D eigenvalue weighted by atomic mass is 32.2. The van der Waals surface area contributed by atoms with Crippen molar-refractivity contribution in [1.82, 2.24) is 0 Å². The summed E-state index contributed by atoms with van der Waals surface area (Å²) >= 11 is 0. The maximum Gasteiger partial charge on any atom is 0.344 e.